The van der Waals surface area contributed by atoms with Gasteiger partial charge in [-0.05, 0) is 104 Å². The summed E-state index contributed by atoms with van der Waals surface area (Å²) in [6.07, 6.45) is 9.19. The normalized spacial score (nSPS) is 17.2. The van der Waals surface area contributed by atoms with Gasteiger partial charge in [0.2, 0.25) is 0 Å². The molecular formula is C43H43Cl. The van der Waals surface area contributed by atoms with E-state index < -0.39 is 0 Å². The van der Waals surface area contributed by atoms with Crippen molar-refractivity contribution in [1.29, 1.82) is 0 Å². The van der Waals surface area contributed by atoms with Crippen LogP contribution in [-0.4, -0.2) is 0 Å². The Kier molecular flexibility index (Phi) is 7.54. The molecule has 0 radical (unpaired) electrons. The molecule has 1 heteroatoms. The fraction of sp³-hybridized carbons (Fsp3) is 0.302. The monoisotopic (exact) mass is 594 g/mol. The van der Waals surface area contributed by atoms with E-state index in [4.69, 9.17) is 11.6 Å². The third kappa shape index (κ3) is 4.83. The first-order valence-electron chi connectivity index (χ1n) is 16.6. The van der Waals surface area contributed by atoms with Gasteiger partial charge in [-0.2, -0.15) is 0 Å². The number of fused-ring (bicyclic) bond motifs is 6. The number of hydrogen-bond donors (Lipinski definition) is 0. The molecule has 1 atom stereocenters. The van der Waals surface area contributed by atoms with Crippen molar-refractivity contribution in [2.75, 3.05) is 0 Å². The standard InChI is InChI=1S/C43H43Cl/c1-5-6-7-8-9-12-25-43(4)38-14-11-10-13-34(38)37-24-19-32(28-41(37)43)31-18-23-36-35-22-17-30(29-15-20-33(44)21-16-29)26-39(35)42(2,3)40(36)27-31/h10-11,13-24,26-28H,5-9,12,25H2,1-4H3. The van der Waals surface area contributed by atoms with Crippen LogP contribution in [0.1, 0.15) is 94.9 Å². The molecule has 5 aromatic rings. The van der Waals surface area contributed by atoms with Gasteiger partial charge in [0, 0.05) is 15.9 Å². The van der Waals surface area contributed by atoms with E-state index in [-0.39, 0.29) is 10.8 Å². The highest BCUT2D eigenvalue weighted by molar-refractivity contribution is 6.30. The minimum Gasteiger partial charge on any atom is -0.0843 e. The Morgan fingerprint density at radius 1 is 0.477 bits per heavy atom. The van der Waals surface area contributed by atoms with Crippen LogP contribution in [0.15, 0.2) is 103 Å². The molecule has 0 nitrogen and oxygen atoms in total. The highest BCUT2D eigenvalue weighted by atomic mass is 35.5. The van der Waals surface area contributed by atoms with Crippen LogP contribution in [0.4, 0.5) is 0 Å². The maximum Gasteiger partial charge on any atom is 0.0406 e. The molecule has 222 valence electrons. The van der Waals surface area contributed by atoms with E-state index >= 15 is 0 Å². The Morgan fingerprint density at radius 3 is 1.59 bits per heavy atom. The predicted octanol–water partition coefficient (Wildman–Crippen LogP) is 13.0. The highest BCUT2D eigenvalue weighted by Crippen LogP contribution is 2.54. The second kappa shape index (κ2) is 11.4. The van der Waals surface area contributed by atoms with E-state index in [1.165, 1.54) is 112 Å². The van der Waals surface area contributed by atoms with Crippen molar-refractivity contribution in [1.82, 2.24) is 0 Å². The van der Waals surface area contributed by atoms with Crippen LogP contribution < -0.4 is 0 Å². The van der Waals surface area contributed by atoms with Crippen molar-refractivity contribution in [3.8, 4) is 44.5 Å². The molecular weight excluding hydrogens is 552 g/mol. The molecule has 0 bridgehead atoms. The molecule has 0 saturated heterocycles. The van der Waals surface area contributed by atoms with Gasteiger partial charge in [-0.1, -0.05) is 151 Å². The summed E-state index contributed by atoms with van der Waals surface area (Å²) >= 11 is 6.18. The molecule has 2 aliphatic rings. The highest BCUT2D eigenvalue weighted by Gasteiger charge is 2.39. The van der Waals surface area contributed by atoms with Crippen molar-refractivity contribution in [3.63, 3.8) is 0 Å². The lowest BCUT2D eigenvalue weighted by Crippen LogP contribution is -2.20. The Hall–Kier alpha value is -3.61. The van der Waals surface area contributed by atoms with Crippen LogP contribution in [0, 0.1) is 0 Å². The van der Waals surface area contributed by atoms with Gasteiger partial charge in [-0.25, -0.2) is 0 Å². The number of halogens is 1. The lowest BCUT2D eigenvalue weighted by molar-refractivity contribution is 0.481. The quantitative estimate of drug-likeness (QED) is 0.149. The second-order valence-electron chi connectivity index (χ2n) is 13.8. The Morgan fingerprint density at radius 2 is 0.955 bits per heavy atom. The third-order valence-corrected chi connectivity index (χ3v) is 10.9. The van der Waals surface area contributed by atoms with E-state index in [9.17, 15) is 0 Å². The summed E-state index contributed by atoms with van der Waals surface area (Å²) in [6.45, 7) is 9.55. The molecule has 0 spiro atoms. The van der Waals surface area contributed by atoms with E-state index in [2.05, 4.69) is 119 Å². The Balaban J connectivity index is 1.22. The van der Waals surface area contributed by atoms with E-state index in [0.717, 1.165) is 5.02 Å². The van der Waals surface area contributed by atoms with Gasteiger partial charge in [-0.3, -0.25) is 0 Å². The van der Waals surface area contributed by atoms with E-state index in [1.807, 2.05) is 12.1 Å². The fourth-order valence-corrected chi connectivity index (χ4v) is 8.15. The minimum absolute atomic E-state index is 0.0526. The summed E-state index contributed by atoms with van der Waals surface area (Å²) in [5.74, 6) is 0. The zero-order valence-electron chi connectivity index (χ0n) is 26.6. The molecule has 44 heavy (non-hydrogen) atoms. The number of benzene rings is 5. The molecule has 0 N–H and O–H groups in total. The van der Waals surface area contributed by atoms with Gasteiger partial charge in [0.15, 0.2) is 0 Å². The molecule has 0 heterocycles. The summed E-state index contributed by atoms with van der Waals surface area (Å²) in [4.78, 5) is 0. The fourth-order valence-electron chi connectivity index (χ4n) is 8.03. The van der Waals surface area contributed by atoms with Gasteiger partial charge in [0.1, 0.15) is 0 Å². The van der Waals surface area contributed by atoms with Crippen molar-refractivity contribution in [2.45, 2.75) is 83.5 Å². The second-order valence-corrected chi connectivity index (χ2v) is 14.2. The zero-order chi connectivity index (χ0) is 30.5. The average molecular weight is 595 g/mol. The Bertz CT molecular complexity index is 1840. The van der Waals surface area contributed by atoms with Crippen LogP contribution >= 0.6 is 11.6 Å². The summed E-state index contributed by atoms with van der Waals surface area (Å²) in [5, 5.41) is 0.772. The molecule has 5 aromatic carbocycles. The largest absolute Gasteiger partial charge is 0.0843 e. The number of hydrogen-bond acceptors (Lipinski definition) is 0. The topological polar surface area (TPSA) is 0 Å². The van der Waals surface area contributed by atoms with Gasteiger partial charge >= 0.3 is 0 Å². The SMILES string of the molecule is CCCCCCCCC1(C)c2ccccc2-c2ccc(-c3ccc4c(c3)C(C)(C)c3cc(-c5ccc(Cl)cc5)ccc3-4)cc21. The maximum atomic E-state index is 6.18. The molecule has 0 aliphatic heterocycles. The van der Waals surface area contributed by atoms with E-state index in [1.54, 1.807) is 0 Å². The first kappa shape index (κ1) is 29.1. The first-order chi connectivity index (χ1) is 21.3. The van der Waals surface area contributed by atoms with Gasteiger partial charge in [0.25, 0.3) is 0 Å². The van der Waals surface area contributed by atoms with Crippen molar-refractivity contribution < 1.29 is 0 Å². The smallest absolute Gasteiger partial charge is 0.0406 e. The van der Waals surface area contributed by atoms with Crippen LogP contribution in [0.25, 0.3) is 44.5 Å². The van der Waals surface area contributed by atoms with Crippen molar-refractivity contribution in [2.24, 2.45) is 0 Å². The van der Waals surface area contributed by atoms with Gasteiger partial charge in [-0.15, -0.1) is 0 Å². The lowest BCUT2D eigenvalue weighted by atomic mass is 9.75. The van der Waals surface area contributed by atoms with Crippen LogP contribution in [0.2, 0.25) is 5.02 Å². The predicted molar refractivity (Wildman–Crippen MR) is 190 cm³/mol. The van der Waals surface area contributed by atoms with Crippen LogP contribution in [0.3, 0.4) is 0 Å². The minimum atomic E-state index is -0.0810. The molecule has 0 aromatic heterocycles. The molecule has 0 amide bonds. The summed E-state index contributed by atoms with van der Waals surface area (Å²) in [7, 11) is 0. The Labute approximate surface area is 269 Å². The number of rotatable bonds is 9. The third-order valence-electron chi connectivity index (χ3n) is 10.6. The number of unbranched alkanes of at least 4 members (excludes halogenated alkanes) is 5. The van der Waals surface area contributed by atoms with Gasteiger partial charge < -0.3 is 0 Å². The van der Waals surface area contributed by atoms with Gasteiger partial charge in [0.05, 0.1) is 0 Å². The summed E-state index contributed by atoms with van der Waals surface area (Å²) in [5.41, 5.74) is 16.4. The molecule has 2 aliphatic carbocycles. The molecule has 1 unspecified atom stereocenters. The van der Waals surface area contributed by atoms with E-state index in [0.29, 0.717) is 0 Å². The molecule has 0 fully saturated rings. The molecule has 0 saturated carbocycles. The summed E-state index contributed by atoms with van der Waals surface area (Å²) in [6, 6.07) is 38.7. The zero-order valence-corrected chi connectivity index (χ0v) is 27.4. The maximum absolute atomic E-state index is 6.18. The lowest BCUT2D eigenvalue weighted by Gasteiger charge is -2.28. The van der Waals surface area contributed by atoms with Crippen LogP contribution in [-0.2, 0) is 10.8 Å². The van der Waals surface area contributed by atoms with Crippen LogP contribution in [0.5, 0.6) is 0 Å². The summed E-state index contributed by atoms with van der Waals surface area (Å²) < 4.78 is 0. The average Bonchev–Trinajstić information content (AvgIpc) is 3.43. The molecule has 7 rings (SSSR count). The van der Waals surface area contributed by atoms with Crippen molar-refractivity contribution >= 4 is 11.6 Å². The first-order valence-corrected chi connectivity index (χ1v) is 17.0. The van der Waals surface area contributed by atoms with Crippen molar-refractivity contribution in [3.05, 3.63) is 130 Å².